The van der Waals surface area contributed by atoms with Crippen LogP contribution >= 0.6 is 15.9 Å². The van der Waals surface area contributed by atoms with Crippen molar-refractivity contribution in [1.82, 2.24) is 5.16 Å². The van der Waals surface area contributed by atoms with Crippen molar-refractivity contribution >= 4 is 39.2 Å². The van der Waals surface area contributed by atoms with Crippen LogP contribution in [-0.2, 0) is 9.59 Å². The minimum Gasteiger partial charge on any atom is -0.360 e. The number of nitrogens with one attached hydrogen (secondary N) is 1. The third kappa shape index (κ3) is 2.89. The minimum absolute atomic E-state index is 0.0663. The van der Waals surface area contributed by atoms with Gasteiger partial charge < -0.3 is 14.7 Å². The average molecular weight is 364 g/mol. The highest BCUT2D eigenvalue weighted by molar-refractivity contribution is 9.10. The second kappa shape index (κ2) is 5.92. The van der Waals surface area contributed by atoms with Gasteiger partial charge in [-0.05, 0) is 35.0 Å². The van der Waals surface area contributed by atoms with Crippen LogP contribution < -0.4 is 10.2 Å². The van der Waals surface area contributed by atoms with Crippen molar-refractivity contribution in [2.75, 3.05) is 16.8 Å². The van der Waals surface area contributed by atoms with Crippen LogP contribution in [0.15, 0.2) is 39.3 Å². The van der Waals surface area contributed by atoms with E-state index in [0.717, 1.165) is 10.2 Å². The van der Waals surface area contributed by atoms with Crippen molar-refractivity contribution in [3.63, 3.8) is 0 Å². The highest BCUT2D eigenvalue weighted by Gasteiger charge is 2.36. The first kappa shape index (κ1) is 14.8. The number of amides is 2. The fourth-order valence-corrected chi connectivity index (χ4v) is 2.94. The molecule has 0 bridgehead atoms. The van der Waals surface area contributed by atoms with Gasteiger partial charge >= 0.3 is 0 Å². The van der Waals surface area contributed by atoms with Gasteiger partial charge in [0.15, 0.2) is 5.82 Å². The minimum atomic E-state index is -0.406. The molecule has 1 aliphatic heterocycles. The molecule has 1 N–H and O–H groups in total. The Kier molecular flexibility index (Phi) is 3.98. The van der Waals surface area contributed by atoms with E-state index in [1.165, 1.54) is 0 Å². The summed E-state index contributed by atoms with van der Waals surface area (Å²) >= 11 is 3.43. The number of benzene rings is 1. The number of nitrogens with zero attached hydrogens (tertiary/aromatic N) is 2. The van der Waals surface area contributed by atoms with Gasteiger partial charge in [-0.3, -0.25) is 9.59 Å². The van der Waals surface area contributed by atoms with Crippen LogP contribution in [0.1, 0.15) is 12.2 Å². The molecule has 1 atom stereocenters. The zero-order valence-electron chi connectivity index (χ0n) is 11.9. The van der Waals surface area contributed by atoms with Crippen molar-refractivity contribution in [2.45, 2.75) is 13.3 Å². The van der Waals surface area contributed by atoms with E-state index in [2.05, 4.69) is 26.4 Å². The lowest BCUT2D eigenvalue weighted by Crippen LogP contribution is -2.28. The predicted octanol–water partition coefficient (Wildman–Crippen LogP) is 2.74. The molecule has 0 unspecified atom stereocenters. The third-order valence-electron chi connectivity index (χ3n) is 3.52. The number of anilines is 2. The molecule has 2 amide bonds. The Morgan fingerprint density at radius 3 is 2.91 bits per heavy atom. The second-order valence-electron chi connectivity index (χ2n) is 5.17. The van der Waals surface area contributed by atoms with Crippen LogP contribution in [-0.4, -0.2) is 23.5 Å². The molecule has 0 spiro atoms. The number of rotatable bonds is 3. The molecule has 0 radical (unpaired) electrons. The van der Waals surface area contributed by atoms with Crippen molar-refractivity contribution in [3.05, 3.63) is 40.6 Å². The smallest absolute Gasteiger partial charge is 0.231 e. The van der Waals surface area contributed by atoms with Gasteiger partial charge in [-0.15, -0.1) is 0 Å². The summed E-state index contributed by atoms with van der Waals surface area (Å²) in [4.78, 5) is 26.1. The van der Waals surface area contributed by atoms with E-state index in [4.69, 9.17) is 4.52 Å². The molecule has 1 aliphatic rings. The van der Waals surface area contributed by atoms with Crippen LogP contribution in [0.5, 0.6) is 0 Å². The lowest BCUT2D eigenvalue weighted by molar-refractivity contribution is -0.122. The zero-order chi connectivity index (χ0) is 15.7. The van der Waals surface area contributed by atoms with Gasteiger partial charge in [0.1, 0.15) is 5.76 Å². The number of hydrogen-bond donors (Lipinski definition) is 1. The van der Waals surface area contributed by atoms with E-state index in [1.54, 1.807) is 17.9 Å². The summed E-state index contributed by atoms with van der Waals surface area (Å²) < 4.78 is 5.74. The molecule has 0 aliphatic carbocycles. The number of para-hydroxylation sites is 1. The predicted molar refractivity (Wildman–Crippen MR) is 84.5 cm³/mol. The lowest BCUT2D eigenvalue weighted by atomic mass is 10.1. The van der Waals surface area contributed by atoms with E-state index in [9.17, 15) is 9.59 Å². The number of carbonyl (C=O) groups excluding carboxylic acids is 2. The molecule has 1 aromatic heterocycles. The first-order valence-corrected chi connectivity index (χ1v) is 7.63. The number of aryl methyl sites for hydroxylation is 1. The van der Waals surface area contributed by atoms with Gasteiger partial charge in [0.25, 0.3) is 0 Å². The highest BCUT2D eigenvalue weighted by atomic mass is 79.9. The largest absolute Gasteiger partial charge is 0.360 e. The Balaban J connectivity index is 1.71. The summed E-state index contributed by atoms with van der Waals surface area (Å²) in [6, 6.07) is 9.10. The fraction of sp³-hybridized carbons (Fsp3) is 0.267. The fourth-order valence-electron chi connectivity index (χ4n) is 2.44. The number of carbonyl (C=O) groups is 2. The SMILES string of the molecule is Cc1cc(NC(=O)[C@H]2CC(=O)N(c3ccccc3Br)C2)no1. The molecule has 22 heavy (non-hydrogen) atoms. The molecular weight excluding hydrogens is 350 g/mol. The average Bonchev–Trinajstić information content (AvgIpc) is 3.06. The standard InChI is InChI=1S/C15H14BrN3O3/c1-9-6-13(18-22-9)17-15(21)10-7-14(20)19(8-10)12-5-3-2-4-11(12)16/h2-6,10H,7-8H2,1H3,(H,17,18,21)/t10-/m0/s1. The Morgan fingerprint density at radius 2 is 2.23 bits per heavy atom. The Labute approximate surface area is 135 Å². The normalized spacial score (nSPS) is 17.8. The topological polar surface area (TPSA) is 75.4 Å². The third-order valence-corrected chi connectivity index (χ3v) is 4.19. The summed E-state index contributed by atoms with van der Waals surface area (Å²) in [7, 11) is 0. The van der Waals surface area contributed by atoms with Crippen LogP contribution in [0, 0.1) is 12.8 Å². The first-order valence-electron chi connectivity index (χ1n) is 6.83. The van der Waals surface area contributed by atoms with Crippen LogP contribution in [0.2, 0.25) is 0 Å². The van der Waals surface area contributed by atoms with Gasteiger partial charge in [-0.25, -0.2) is 0 Å². The quantitative estimate of drug-likeness (QED) is 0.909. The summed E-state index contributed by atoms with van der Waals surface area (Å²) in [5.41, 5.74) is 0.778. The molecule has 2 heterocycles. The maximum Gasteiger partial charge on any atom is 0.231 e. The molecule has 2 aromatic rings. The van der Waals surface area contributed by atoms with Crippen LogP contribution in [0.3, 0.4) is 0 Å². The highest BCUT2D eigenvalue weighted by Crippen LogP contribution is 2.31. The number of hydrogen-bond acceptors (Lipinski definition) is 4. The molecule has 7 heteroatoms. The first-order chi connectivity index (χ1) is 10.5. The van der Waals surface area contributed by atoms with E-state index in [1.807, 2.05) is 24.3 Å². The molecule has 1 aromatic carbocycles. The van der Waals surface area contributed by atoms with Crippen LogP contribution in [0.25, 0.3) is 0 Å². The van der Waals surface area contributed by atoms with E-state index >= 15 is 0 Å². The van der Waals surface area contributed by atoms with E-state index < -0.39 is 5.92 Å². The molecule has 1 fully saturated rings. The maximum absolute atomic E-state index is 12.2. The van der Waals surface area contributed by atoms with Crippen molar-refractivity contribution in [3.8, 4) is 0 Å². The van der Waals surface area contributed by atoms with Crippen molar-refractivity contribution in [2.24, 2.45) is 5.92 Å². The Hall–Kier alpha value is -2.15. The van der Waals surface area contributed by atoms with Gasteiger partial charge in [-0.1, -0.05) is 17.3 Å². The van der Waals surface area contributed by atoms with Gasteiger partial charge in [-0.2, -0.15) is 0 Å². The van der Waals surface area contributed by atoms with E-state index in [-0.39, 0.29) is 18.2 Å². The molecular formula is C15H14BrN3O3. The molecule has 6 nitrogen and oxygen atoms in total. The number of aromatic nitrogens is 1. The zero-order valence-corrected chi connectivity index (χ0v) is 13.5. The molecule has 0 saturated carbocycles. The van der Waals surface area contributed by atoms with Crippen molar-refractivity contribution < 1.29 is 14.1 Å². The monoisotopic (exact) mass is 363 g/mol. The molecule has 1 saturated heterocycles. The Bertz CT molecular complexity index is 728. The summed E-state index contributed by atoms with van der Waals surface area (Å²) in [6.07, 6.45) is 0.185. The van der Waals surface area contributed by atoms with E-state index in [0.29, 0.717) is 18.1 Å². The second-order valence-corrected chi connectivity index (χ2v) is 6.02. The van der Waals surface area contributed by atoms with Gasteiger partial charge in [0, 0.05) is 23.5 Å². The maximum atomic E-state index is 12.2. The summed E-state index contributed by atoms with van der Waals surface area (Å²) in [6.45, 7) is 2.10. The molecule has 114 valence electrons. The summed E-state index contributed by atoms with van der Waals surface area (Å²) in [5, 5.41) is 6.40. The van der Waals surface area contributed by atoms with Gasteiger partial charge in [0.05, 0.1) is 11.6 Å². The van der Waals surface area contributed by atoms with Crippen LogP contribution in [0.4, 0.5) is 11.5 Å². The summed E-state index contributed by atoms with van der Waals surface area (Å²) in [5.74, 6) is 0.290. The van der Waals surface area contributed by atoms with Crippen molar-refractivity contribution in [1.29, 1.82) is 0 Å². The van der Waals surface area contributed by atoms with Gasteiger partial charge in [0.2, 0.25) is 11.8 Å². The number of halogens is 1. The lowest BCUT2D eigenvalue weighted by Gasteiger charge is -2.18. The molecule has 3 rings (SSSR count). The Morgan fingerprint density at radius 1 is 1.45 bits per heavy atom.